The van der Waals surface area contributed by atoms with Crippen molar-refractivity contribution in [2.75, 3.05) is 0 Å². The van der Waals surface area contributed by atoms with Crippen LogP contribution in [-0.4, -0.2) is 14.9 Å². The van der Waals surface area contributed by atoms with Crippen LogP contribution < -0.4 is 0 Å². The molecule has 0 saturated carbocycles. The summed E-state index contributed by atoms with van der Waals surface area (Å²) in [5.74, 6) is 0.158. The molecule has 2 aromatic rings. The first-order valence-corrected chi connectivity index (χ1v) is 4.85. The first-order valence-electron chi connectivity index (χ1n) is 4.85. The maximum absolute atomic E-state index is 9.80. The number of benzene rings is 1. The number of hydrogen-bond donors (Lipinski definition) is 1. The number of phenols is 1. The third-order valence-electron chi connectivity index (χ3n) is 2.47. The third kappa shape index (κ3) is 1.52. The van der Waals surface area contributed by atoms with Gasteiger partial charge < -0.3 is 5.11 Å². The summed E-state index contributed by atoms with van der Waals surface area (Å²) >= 11 is 0. The number of phenolic OH excluding ortho intramolecular Hbond substituents is 1. The minimum Gasteiger partial charge on any atom is -0.507 e. The summed E-state index contributed by atoms with van der Waals surface area (Å²) in [4.78, 5) is 0. The van der Waals surface area contributed by atoms with Crippen LogP contribution in [0.1, 0.15) is 11.1 Å². The lowest BCUT2D eigenvalue weighted by Gasteiger charge is -2.06. The van der Waals surface area contributed by atoms with Gasteiger partial charge >= 0.3 is 0 Å². The predicted molar refractivity (Wildman–Crippen MR) is 59.8 cm³/mol. The van der Waals surface area contributed by atoms with Crippen molar-refractivity contribution in [1.82, 2.24) is 9.78 Å². The van der Waals surface area contributed by atoms with Gasteiger partial charge in [-0.15, -0.1) is 0 Å². The maximum Gasteiger partial charge on any atom is 0.125 e. The van der Waals surface area contributed by atoms with Gasteiger partial charge in [-0.05, 0) is 19.1 Å². The Morgan fingerprint density at radius 3 is 2.88 bits per heavy atom. The summed E-state index contributed by atoms with van der Waals surface area (Å²) in [6.07, 6.45) is 1.50. The van der Waals surface area contributed by atoms with E-state index >= 15 is 0 Å². The van der Waals surface area contributed by atoms with E-state index in [1.165, 1.54) is 6.20 Å². The number of aromatic nitrogens is 2. The van der Waals surface area contributed by atoms with Crippen LogP contribution in [0.5, 0.6) is 5.75 Å². The monoisotopic (exact) mass is 213 g/mol. The minimum atomic E-state index is 0.158. The molecule has 2 rings (SSSR count). The first-order chi connectivity index (χ1) is 7.63. The molecule has 4 nitrogen and oxygen atoms in total. The van der Waals surface area contributed by atoms with Crippen LogP contribution in [0.15, 0.2) is 24.4 Å². The number of rotatable bonds is 1. The number of aryl methyl sites for hydroxylation is 2. The molecule has 0 aliphatic rings. The largest absolute Gasteiger partial charge is 0.507 e. The number of hydrogen-bond acceptors (Lipinski definition) is 3. The third-order valence-corrected chi connectivity index (χ3v) is 2.47. The Morgan fingerprint density at radius 1 is 1.44 bits per heavy atom. The first kappa shape index (κ1) is 10.2. The molecular formula is C12H11N3O. The Labute approximate surface area is 93.4 Å². The Bertz CT molecular complexity index is 578. The molecular weight excluding hydrogens is 202 g/mol. The Kier molecular flexibility index (Phi) is 2.37. The Balaban J connectivity index is 2.72. The summed E-state index contributed by atoms with van der Waals surface area (Å²) in [6, 6.07) is 7.35. The molecule has 0 amide bonds. The summed E-state index contributed by atoms with van der Waals surface area (Å²) in [5.41, 5.74) is 2.77. The van der Waals surface area contributed by atoms with Crippen LogP contribution in [0, 0.1) is 18.3 Å². The van der Waals surface area contributed by atoms with Crippen molar-refractivity contribution in [2.24, 2.45) is 7.05 Å². The van der Waals surface area contributed by atoms with Crippen molar-refractivity contribution in [3.8, 4) is 23.1 Å². The average molecular weight is 213 g/mol. The molecule has 16 heavy (non-hydrogen) atoms. The smallest absolute Gasteiger partial charge is 0.125 e. The summed E-state index contributed by atoms with van der Waals surface area (Å²) < 4.78 is 1.59. The zero-order valence-electron chi connectivity index (χ0n) is 9.10. The van der Waals surface area contributed by atoms with E-state index in [1.54, 1.807) is 17.8 Å². The second kappa shape index (κ2) is 3.70. The highest BCUT2D eigenvalue weighted by molar-refractivity contribution is 5.72. The molecule has 0 fully saturated rings. The molecule has 1 aromatic heterocycles. The minimum absolute atomic E-state index is 0.158. The zero-order valence-corrected chi connectivity index (χ0v) is 9.10. The van der Waals surface area contributed by atoms with Gasteiger partial charge in [0.1, 0.15) is 11.8 Å². The molecule has 1 N–H and O–H groups in total. The Morgan fingerprint density at radius 2 is 2.19 bits per heavy atom. The van der Waals surface area contributed by atoms with Crippen molar-refractivity contribution in [1.29, 1.82) is 5.26 Å². The number of aromatic hydroxyl groups is 1. The van der Waals surface area contributed by atoms with Gasteiger partial charge in [0.2, 0.25) is 0 Å². The van der Waals surface area contributed by atoms with Crippen LogP contribution in [-0.2, 0) is 7.05 Å². The van der Waals surface area contributed by atoms with Crippen molar-refractivity contribution >= 4 is 0 Å². The van der Waals surface area contributed by atoms with Gasteiger partial charge in [0.25, 0.3) is 0 Å². The van der Waals surface area contributed by atoms with Crippen LogP contribution in [0.25, 0.3) is 11.3 Å². The molecule has 0 bridgehead atoms. The lowest BCUT2D eigenvalue weighted by atomic mass is 10.0. The van der Waals surface area contributed by atoms with E-state index in [4.69, 9.17) is 5.26 Å². The summed E-state index contributed by atoms with van der Waals surface area (Å²) in [7, 11) is 1.75. The molecule has 0 atom stereocenters. The van der Waals surface area contributed by atoms with Crippen molar-refractivity contribution in [3.63, 3.8) is 0 Å². The fourth-order valence-corrected chi connectivity index (χ4v) is 1.68. The maximum atomic E-state index is 9.80. The van der Waals surface area contributed by atoms with Crippen LogP contribution in [0.4, 0.5) is 0 Å². The molecule has 1 aromatic carbocycles. The molecule has 1 heterocycles. The highest BCUT2D eigenvalue weighted by atomic mass is 16.3. The second-order valence-corrected chi connectivity index (χ2v) is 3.66. The Hall–Kier alpha value is -2.28. The molecule has 0 unspecified atom stereocenters. The fourth-order valence-electron chi connectivity index (χ4n) is 1.68. The van der Waals surface area contributed by atoms with E-state index < -0.39 is 0 Å². The van der Waals surface area contributed by atoms with E-state index in [0.29, 0.717) is 16.8 Å². The molecule has 4 heteroatoms. The molecule has 0 saturated heterocycles. The van der Waals surface area contributed by atoms with Crippen LogP contribution in [0.3, 0.4) is 0 Å². The standard InChI is InChI=1S/C12H11N3O/c1-8-3-4-11(16)10(5-8)12-9(6-13)7-14-15(12)2/h3-5,7,16H,1-2H3. The van der Waals surface area contributed by atoms with Gasteiger partial charge in [-0.2, -0.15) is 10.4 Å². The highest BCUT2D eigenvalue weighted by Crippen LogP contribution is 2.31. The predicted octanol–water partition coefficient (Wildman–Crippen LogP) is 1.97. The lowest BCUT2D eigenvalue weighted by Crippen LogP contribution is -1.95. The number of nitrogens with zero attached hydrogens (tertiary/aromatic N) is 3. The van der Waals surface area contributed by atoms with Gasteiger partial charge in [-0.25, -0.2) is 0 Å². The second-order valence-electron chi connectivity index (χ2n) is 3.66. The van der Waals surface area contributed by atoms with Gasteiger partial charge in [0.05, 0.1) is 17.5 Å². The average Bonchev–Trinajstić information content (AvgIpc) is 2.63. The van der Waals surface area contributed by atoms with E-state index in [9.17, 15) is 5.11 Å². The van der Waals surface area contributed by atoms with Crippen LogP contribution >= 0.6 is 0 Å². The van der Waals surface area contributed by atoms with Crippen molar-refractivity contribution < 1.29 is 5.11 Å². The van der Waals surface area contributed by atoms with Crippen LogP contribution in [0.2, 0.25) is 0 Å². The molecule has 0 radical (unpaired) electrons. The van der Waals surface area contributed by atoms with Gasteiger partial charge in [0, 0.05) is 12.6 Å². The van der Waals surface area contributed by atoms with Gasteiger partial charge in [0.15, 0.2) is 0 Å². The molecule has 0 spiro atoms. The van der Waals surface area contributed by atoms with E-state index in [1.807, 2.05) is 19.1 Å². The molecule has 0 aliphatic carbocycles. The van der Waals surface area contributed by atoms with Crippen molar-refractivity contribution in [2.45, 2.75) is 6.92 Å². The van der Waals surface area contributed by atoms with E-state index in [-0.39, 0.29) is 5.75 Å². The lowest BCUT2D eigenvalue weighted by molar-refractivity contribution is 0.476. The highest BCUT2D eigenvalue weighted by Gasteiger charge is 2.14. The molecule has 80 valence electrons. The molecule has 0 aliphatic heterocycles. The van der Waals surface area contributed by atoms with E-state index in [0.717, 1.165) is 5.56 Å². The summed E-state index contributed by atoms with van der Waals surface area (Å²) in [5, 5.41) is 22.8. The normalized spacial score (nSPS) is 10.1. The SMILES string of the molecule is Cc1ccc(O)c(-c2c(C#N)cnn2C)c1. The zero-order chi connectivity index (χ0) is 11.7. The summed E-state index contributed by atoms with van der Waals surface area (Å²) in [6.45, 7) is 1.94. The quantitative estimate of drug-likeness (QED) is 0.787. The van der Waals surface area contributed by atoms with Crippen molar-refractivity contribution in [3.05, 3.63) is 35.5 Å². The van der Waals surface area contributed by atoms with Gasteiger partial charge in [-0.1, -0.05) is 11.6 Å². The topological polar surface area (TPSA) is 61.8 Å². The number of nitriles is 1. The van der Waals surface area contributed by atoms with E-state index in [2.05, 4.69) is 11.2 Å². The van der Waals surface area contributed by atoms with Gasteiger partial charge in [-0.3, -0.25) is 4.68 Å². The fraction of sp³-hybridized carbons (Fsp3) is 0.167.